The van der Waals surface area contributed by atoms with Gasteiger partial charge in [-0.15, -0.1) is 5.10 Å². The van der Waals surface area contributed by atoms with E-state index in [9.17, 15) is 9.59 Å². The first-order valence-corrected chi connectivity index (χ1v) is 8.57. The third-order valence-electron chi connectivity index (χ3n) is 4.35. The first kappa shape index (κ1) is 17.0. The Morgan fingerprint density at radius 3 is 2.74 bits per heavy atom. The fraction of sp³-hybridized carbons (Fsp3) is 0.278. The van der Waals surface area contributed by atoms with Crippen molar-refractivity contribution in [2.24, 2.45) is 0 Å². The van der Waals surface area contributed by atoms with E-state index < -0.39 is 0 Å². The van der Waals surface area contributed by atoms with Crippen LogP contribution < -0.4 is 10.3 Å². The molecule has 2 aromatic heterocycles. The molecule has 0 aliphatic carbocycles. The van der Waals surface area contributed by atoms with Crippen molar-refractivity contribution < 1.29 is 9.53 Å². The molecule has 1 aromatic carbocycles. The van der Waals surface area contributed by atoms with Crippen LogP contribution in [0, 0.1) is 0 Å². The topological polar surface area (TPSA) is 95.1 Å². The predicted molar refractivity (Wildman–Crippen MR) is 94.9 cm³/mol. The van der Waals surface area contributed by atoms with Gasteiger partial charge in [0, 0.05) is 25.4 Å². The number of benzene rings is 1. The minimum atomic E-state index is -0.290. The average Bonchev–Trinajstić information content (AvgIpc) is 3.10. The van der Waals surface area contributed by atoms with Crippen molar-refractivity contribution in [3.05, 3.63) is 70.9 Å². The van der Waals surface area contributed by atoms with E-state index in [1.165, 1.54) is 12.3 Å². The maximum Gasteiger partial charge on any atom is 0.267 e. The molecule has 0 spiro atoms. The number of carbonyl (C=O) groups is 1. The van der Waals surface area contributed by atoms with Crippen LogP contribution in [0.25, 0.3) is 0 Å². The van der Waals surface area contributed by atoms with Crippen LogP contribution in [-0.2, 0) is 17.9 Å². The molecular formula is C18H18N6O3. The Bertz CT molecular complexity index is 978. The predicted octanol–water partition coefficient (Wildman–Crippen LogP) is 0.497. The molecule has 9 nitrogen and oxygen atoms in total. The van der Waals surface area contributed by atoms with Crippen molar-refractivity contribution in [2.45, 2.75) is 19.2 Å². The molecule has 0 unspecified atom stereocenters. The van der Waals surface area contributed by atoms with E-state index >= 15 is 0 Å². The van der Waals surface area contributed by atoms with Crippen molar-refractivity contribution in [1.29, 1.82) is 0 Å². The Kier molecular flexibility index (Phi) is 4.65. The molecule has 0 bridgehead atoms. The second-order valence-electron chi connectivity index (χ2n) is 6.26. The number of carbonyl (C=O) groups excluding carboxylic acids is 1. The molecule has 1 amide bonds. The van der Waals surface area contributed by atoms with Crippen LogP contribution in [0.2, 0.25) is 0 Å². The number of ether oxygens (including phenoxy) is 1. The minimum Gasteiger partial charge on any atom is -0.487 e. The molecular weight excluding hydrogens is 348 g/mol. The van der Waals surface area contributed by atoms with E-state index in [0.29, 0.717) is 19.7 Å². The van der Waals surface area contributed by atoms with E-state index in [1.807, 2.05) is 36.5 Å². The number of likely N-dealkylation sites (tertiary alicyclic amines) is 1. The van der Waals surface area contributed by atoms with Crippen molar-refractivity contribution in [3.63, 3.8) is 0 Å². The second kappa shape index (κ2) is 7.40. The number of hydrogen-bond acceptors (Lipinski definition) is 6. The molecule has 3 aromatic rings. The molecule has 0 N–H and O–H groups in total. The maximum absolute atomic E-state index is 12.2. The third-order valence-corrected chi connectivity index (χ3v) is 4.35. The van der Waals surface area contributed by atoms with Crippen LogP contribution in [0.5, 0.6) is 5.75 Å². The van der Waals surface area contributed by atoms with E-state index in [2.05, 4.69) is 15.4 Å². The normalized spacial score (nSPS) is 14.0. The minimum absolute atomic E-state index is 0.0556. The maximum atomic E-state index is 12.2. The number of amides is 1. The molecule has 0 radical (unpaired) electrons. The summed E-state index contributed by atoms with van der Waals surface area (Å²) in [6.45, 7) is 1.34. The van der Waals surface area contributed by atoms with Crippen molar-refractivity contribution in [2.75, 3.05) is 13.1 Å². The molecule has 138 valence electrons. The molecule has 1 saturated heterocycles. The summed E-state index contributed by atoms with van der Waals surface area (Å²) in [6.07, 6.45) is 3.32. The number of nitrogens with zero attached hydrogens (tertiary/aromatic N) is 6. The number of hydrogen-bond donors (Lipinski definition) is 0. The smallest absolute Gasteiger partial charge is 0.267 e. The van der Waals surface area contributed by atoms with Crippen molar-refractivity contribution in [1.82, 2.24) is 29.7 Å². The Morgan fingerprint density at radius 2 is 1.96 bits per heavy atom. The van der Waals surface area contributed by atoms with Crippen LogP contribution in [0.15, 0.2) is 59.7 Å². The summed E-state index contributed by atoms with van der Waals surface area (Å²) >= 11 is 0. The lowest BCUT2D eigenvalue weighted by Crippen LogP contribution is -2.52. The van der Waals surface area contributed by atoms with Gasteiger partial charge in [-0.1, -0.05) is 23.4 Å². The van der Waals surface area contributed by atoms with Crippen LogP contribution >= 0.6 is 0 Å². The molecule has 9 heteroatoms. The van der Waals surface area contributed by atoms with Crippen LogP contribution in [-0.4, -0.2) is 48.7 Å². The summed E-state index contributed by atoms with van der Waals surface area (Å²) in [7, 11) is 0. The third kappa shape index (κ3) is 3.86. The van der Waals surface area contributed by atoms with Gasteiger partial charge in [0.2, 0.25) is 5.91 Å². The van der Waals surface area contributed by atoms with E-state index in [4.69, 9.17) is 4.74 Å². The highest BCUT2D eigenvalue weighted by Crippen LogP contribution is 2.21. The quantitative estimate of drug-likeness (QED) is 0.630. The van der Waals surface area contributed by atoms with Crippen molar-refractivity contribution in [3.8, 4) is 5.75 Å². The highest BCUT2D eigenvalue weighted by atomic mass is 16.5. The highest BCUT2D eigenvalue weighted by Gasteiger charge is 2.33. The Balaban J connectivity index is 1.28. The zero-order valence-electron chi connectivity index (χ0n) is 14.5. The van der Waals surface area contributed by atoms with Gasteiger partial charge in [-0.3, -0.25) is 9.59 Å². The van der Waals surface area contributed by atoms with E-state index in [0.717, 1.165) is 16.1 Å². The lowest BCUT2D eigenvalue weighted by molar-refractivity contribution is -0.138. The van der Waals surface area contributed by atoms with E-state index in [-0.39, 0.29) is 24.1 Å². The average molecular weight is 366 g/mol. The zero-order valence-corrected chi connectivity index (χ0v) is 14.5. The first-order chi connectivity index (χ1) is 13.2. The molecule has 1 aliphatic heterocycles. The molecule has 0 saturated carbocycles. The summed E-state index contributed by atoms with van der Waals surface area (Å²) in [5.74, 6) is 0.636. The second-order valence-corrected chi connectivity index (χ2v) is 6.26. The highest BCUT2D eigenvalue weighted by molar-refractivity contribution is 5.76. The fourth-order valence-electron chi connectivity index (χ4n) is 2.79. The number of aromatic nitrogens is 5. The molecule has 3 heterocycles. The summed E-state index contributed by atoms with van der Waals surface area (Å²) in [5, 5.41) is 12.1. The van der Waals surface area contributed by atoms with Crippen LogP contribution in [0.4, 0.5) is 0 Å². The zero-order chi connectivity index (χ0) is 18.6. The van der Waals surface area contributed by atoms with Gasteiger partial charge in [0.1, 0.15) is 24.6 Å². The SMILES string of the molecule is O=C(Cn1ncccc1=O)N1CC(n2cc(COc3ccccc3)nn2)C1. The van der Waals surface area contributed by atoms with Crippen LogP contribution in [0.1, 0.15) is 11.7 Å². The molecule has 4 rings (SSSR count). The molecule has 0 atom stereocenters. The van der Waals surface area contributed by atoms with Crippen LogP contribution in [0.3, 0.4) is 0 Å². The summed E-state index contributed by atoms with van der Waals surface area (Å²) in [6, 6.07) is 12.5. The summed E-state index contributed by atoms with van der Waals surface area (Å²) in [4.78, 5) is 25.6. The van der Waals surface area contributed by atoms with Gasteiger partial charge in [0.05, 0.1) is 12.2 Å². The van der Waals surface area contributed by atoms with Gasteiger partial charge in [-0.25, -0.2) is 9.36 Å². The lowest BCUT2D eigenvalue weighted by Gasteiger charge is -2.38. The Morgan fingerprint density at radius 1 is 1.15 bits per heavy atom. The number of para-hydroxylation sites is 1. The first-order valence-electron chi connectivity index (χ1n) is 8.57. The molecule has 27 heavy (non-hydrogen) atoms. The van der Waals surface area contributed by atoms with E-state index in [1.54, 1.807) is 15.6 Å². The summed E-state index contributed by atoms with van der Waals surface area (Å²) in [5.41, 5.74) is 0.436. The molecule has 1 fully saturated rings. The fourth-order valence-corrected chi connectivity index (χ4v) is 2.79. The molecule has 1 aliphatic rings. The van der Waals surface area contributed by atoms with Gasteiger partial charge >= 0.3 is 0 Å². The largest absolute Gasteiger partial charge is 0.487 e. The summed E-state index contributed by atoms with van der Waals surface area (Å²) < 4.78 is 8.56. The Hall–Kier alpha value is -3.49. The lowest BCUT2D eigenvalue weighted by atomic mass is 10.1. The Labute approximate surface area is 154 Å². The van der Waals surface area contributed by atoms with Gasteiger partial charge in [0.15, 0.2) is 0 Å². The van der Waals surface area contributed by atoms with Crippen molar-refractivity contribution >= 4 is 5.91 Å². The monoisotopic (exact) mass is 366 g/mol. The van der Waals surface area contributed by atoms with Gasteiger partial charge < -0.3 is 9.64 Å². The van der Waals surface area contributed by atoms with Gasteiger partial charge in [0.25, 0.3) is 5.56 Å². The number of rotatable bonds is 6. The standard InChI is InChI=1S/C18H18N6O3/c25-17-7-4-8-19-24(17)12-18(26)22-10-15(11-22)23-9-14(20-21-23)13-27-16-5-2-1-3-6-16/h1-9,15H,10-13H2. The van der Waals surface area contributed by atoms with Gasteiger partial charge in [-0.2, -0.15) is 5.10 Å². The van der Waals surface area contributed by atoms with Gasteiger partial charge in [-0.05, 0) is 18.2 Å².